The van der Waals surface area contributed by atoms with Crippen LogP contribution < -0.4 is 4.74 Å². The molecule has 0 saturated carbocycles. The van der Waals surface area contributed by atoms with Crippen LogP contribution in [0.1, 0.15) is 5.56 Å². The van der Waals surface area contributed by atoms with Gasteiger partial charge in [-0.25, -0.2) is 0 Å². The smallest absolute Gasteiger partial charge is 0.149 e. The highest BCUT2D eigenvalue weighted by molar-refractivity contribution is 6.30. The second-order valence-electron chi connectivity index (χ2n) is 4.03. The molecule has 0 radical (unpaired) electrons. The molecule has 0 N–H and O–H groups in total. The summed E-state index contributed by atoms with van der Waals surface area (Å²) in [5, 5.41) is 0.688. The van der Waals surface area contributed by atoms with Gasteiger partial charge in [0.15, 0.2) is 0 Å². The number of rotatable bonds is 2. The molecule has 0 unspecified atom stereocenters. The predicted molar refractivity (Wildman–Crippen MR) is 87.2 cm³/mol. The Morgan fingerprint density at radius 3 is 2.38 bits per heavy atom. The maximum Gasteiger partial charge on any atom is 0.149 e. The number of ether oxygens (including phenoxy) is 1. The third-order valence-electron chi connectivity index (χ3n) is 2.47. The first-order valence-corrected chi connectivity index (χ1v) is 6.81. The Labute approximate surface area is 130 Å². The van der Waals surface area contributed by atoms with Crippen LogP contribution in [0.3, 0.4) is 0 Å². The van der Waals surface area contributed by atoms with Crippen molar-refractivity contribution in [3.8, 4) is 29.4 Å². The topological polar surface area (TPSA) is 9.23 Å². The van der Waals surface area contributed by atoms with E-state index in [-0.39, 0.29) is 0 Å². The molecule has 1 nitrogen and oxygen atoms in total. The third kappa shape index (κ3) is 5.91. The quantitative estimate of drug-likeness (QED) is 0.749. The Bertz CT molecular complexity index is 707. The summed E-state index contributed by atoms with van der Waals surface area (Å²) in [6, 6.07) is 17.0. The van der Waals surface area contributed by atoms with Crippen LogP contribution in [0.15, 0.2) is 66.7 Å². The Morgan fingerprint density at radius 1 is 0.905 bits per heavy atom. The van der Waals surface area contributed by atoms with Crippen LogP contribution in [0.5, 0.6) is 5.75 Å². The highest BCUT2D eigenvalue weighted by Gasteiger charge is 1.90. The summed E-state index contributed by atoms with van der Waals surface area (Å²) in [7, 11) is 0. The molecule has 0 aliphatic carbocycles. The summed E-state index contributed by atoms with van der Waals surface area (Å²) in [6.45, 7) is 0.331. The first kappa shape index (κ1) is 14.8. The lowest BCUT2D eigenvalue weighted by molar-refractivity contribution is 0.370. The van der Waals surface area contributed by atoms with E-state index in [0.717, 1.165) is 11.3 Å². The van der Waals surface area contributed by atoms with Crippen molar-refractivity contribution in [1.29, 1.82) is 0 Å². The molecule has 0 amide bonds. The van der Waals surface area contributed by atoms with Gasteiger partial charge in [0.1, 0.15) is 12.4 Å². The molecule has 2 heteroatoms. The number of benzene rings is 2. The van der Waals surface area contributed by atoms with Crippen molar-refractivity contribution in [2.24, 2.45) is 0 Å². The van der Waals surface area contributed by atoms with Crippen LogP contribution in [-0.4, -0.2) is 6.61 Å². The summed E-state index contributed by atoms with van der Waals surface area (Å²) in [6.07, 6.45) is 3.43. The molecule has 2 aromatic rings. The van der Waals surface area contributed by atoms with Crippen molar-refractivity contribution in [1.82, 2.24) is 0 Å². The summed E-state index contributed by atoms with van der Waals surface area (Å²) in [4.78, 5) is 0. The maximum absolute atomic E-state index is 5.78. The minimum atomic E-state index is 0.331. The van der Waals surface area contributed by atoms with Gasteiger partial charge in [-0.05, 0) is 48.6 Å². The molecule has 2 aromatic carbocycles. The predicted octanol–water partition coefficient (Wildman–Crippen LogP) is 4.33. The summed E-state index contributed by atoms with van der Waals surface area (Å²) in [5.41, 5.74) is 0.987. The van der Waals surface area contributed by atoms with Crippen LogP contribution in [0.2, 0.25) is 5.02 Å². The van der Waals surface area contributed by atoms with Gasteiger partial charge in [-0.3, -0.25) is 0 Å². The van der Waals surface area contributed by atoms with E-state index >= 15 is 0 Å². The molecule has 102 valence electrons. The van der Waals surface area contributed by atoms with E-state index in [1.165, 1.54) is 0 Å². The van der Waals surface area contributed by atoms with E-state index in [2.05, 4.69) is 23.7 Å². The molecule has 0 heterocycles. The lowest BCUT2D eigenvalue weighted by Gasteiger charge is -2.00. The van der Waals surface area contributed by atoms with E-state index in [1.54, 1.807) is 24.3 Å². The molecule has 0 aliphatic rings. The van der Waals surface area contributed by atoms with Gasteiger partial charge in [-0.1, -0.05) is 53.5 Å². The molecular formula is C19H13ClO. The van der Waals surface area contributed by atoms with Crippen molar-refractivity contribution in [2.75, 3.05) is 6.61 Å². The molecule has 0 bridgehead atoms. The summed E-state index contributed by atoms with van der Waals surface area (Å²) < 4.78 is 5.43. The van der Waals surface area contributed by atoms with Crippen molar-refractivity contribution >= 4 is 11.6 Å². The van der Waals surface area contributed by atoms with Gasteiger partial charge in [-0.15, -0.1) is 0 Å². The standard InChI is InChI=1S/C19H13ClO/c20-18-12-14-19(15-13-18)21-16-8-3-1-2-5-9-17-10-6-4-7-11-17/h1-2,4,6-7,10-15H,16H2/b2-1-. The summed E-state index contributed by atoms with van der Waals surface area (Å²) in [5.74, 6) is 12.5. The second-order valence-corrected chi connectivity index (χ2v) is 4.47. The largest absolute Gasteiger partial charge is 0.481 e. The fraction of sp³-hybridized carbons (Fsp3) is 0.0526. The molecular weight excluding hydrogens is 280 g/mol. The third-order valence-corrected chi connectivity index (χ3v) is 2.72. The minimum absolute atomic E-state index is 0.331. The van der Waals surface area contributed by atoms with E-state index in [4.69, 9.17) is 16.3 Å². The fourth-order valence-electron chi connectivity index (χ4n) is 1.48. The first-order chi connectivity index (χ1) is 10.3. The second kappa shape index (κ2) is 8.54. The fourth-order valence-corrected chi connectivity index (χ4v) is 1.61. The van der Waals surface area contributed by atoms with Crippen molar-refractivity contribution in [2.45, 2.75) is 0 Å². The van der Waals surface area contributed by atoms with Crippen molar-refractivity contribution in [3.05, 3.63) is 77.3 Å². The Kier molecular flexibility index (Phi) is 6.01. The van der Waals surface area contributed by atoms with Gasteiger partial charge in [0.05, 0.1) is 0 Å². The monoisotopic (exact) mass is 292 g/mol. The maximum atomic E-state index is 5.78. The molecule has 0 atom stereocenters. The lowest BCUT2D eigenvalue weighted by Crippen LogP contribution is -1.92. The first-order valence-electron chi connectivity index (χ1n) is 6.43. The van der Waals surface area contributed by atoms with Gasteiger partial charge in [0.25, 0.3) is 0 Å². The number of hydrogen-bond donors (Lipinski definition) is 0. The molecule has 21 heavy (non-hydrogen) atoms. The van der Waals surface area contributed by atoms with Gasteiger partial charge in [0.2, 0.25) is 0 Å². The number of allylic oxidation sites excluding steroid dienone is 2. The lowest BCUT2D eigenvalue weighted by atomic mass is 10.2. The Balaban J connectivity index is 1.75. The van der Waals surface area contributed by atoms with Crippen LogP contribution in [-0.2, 0) is 0 Å². The van der Waals surface area contributed by atoms with Crippen molar-refractivity contribution < 1.29 is 4.74 Å². The Hall–Kier alpha value is -2.61. The van der Waals surface area contributed by atoms with E-state index in [0.29, 0.717) is 11.6 Å². The summed E-state index contributed by atoms with van der Waals surface area (Å²) >= 11 is 5.78. The van der Waals surface area contributed by atoms with E-state index < -0.39 is 0 Å². The minimum Gasteiger partial charge on any atom is -0.481 e. The highest BCUT2D eigenvalue weighted by Crippen LogP contribution is 2.14. The molecule has 0 aromatic heterocycles. The van der Waals surface area contributed by atoms with Crippen LogP contribution >= 0.6 is 11.6 Å². The van der Waals surface area contributed by atoms with Crippen LogP contribution in [0.25, 0.3) is 0 Å². The van der Waals surface area contributed by atoms with Crippen LogP contribution in [0, 0.1) is 23.7 Å². The average Bonchev–Trinajstić information content (AvgIpc) is 2.53. The molecule has 2 rings (SSSR count). The number of halogens is 1. The zero-order valence-corrected chi connectivity index (χ0v) is 12.1. The SMILES string of the molecule is Clc1ccc(OCC#C/C=C\C#Cc2ccccc2)cc1. The van der Waals surface area contributed by atoms with E-state index in [9.17, 15) is 0 Å². The van der Waals surface area contributed by atoms with E-state index in [1.807, 2.05) is 42.5 Å². The normalized spacial score (nSPS) is 9.38. The van der Waals surface area contributed by atoms with Crippen molar-refractivity contribution in [3.63, 3.8) is 0 Å². The zero-order valence-electron chi connectivity index (χ0n) is 11.3. The van der Waals surface area contributed by atoms with Gasteiger partial charge < -0.3 is 4.74 Å². The average molecular weight is 293 g/mol. The van der Waals surface area contributed by atoms with Gasteiger partial charge in [-0.2, -0.15) is 0 Å². The van der Waals surface area contributed by atoms with Gasteiger partial charge >= 0.3 is 0 Å². The van der Waals surface area contributed by atoms with Crippen LogP contribution in [0.4, 0.5) is 0 Å². The highest BCUT2D eigenvalue weighted by atomic mass is 35.5. The molecule has 0 saturated heterocycles. The molecule has 0 fully saturated rings. The molecule has 0 aliphatic heterocycles. The molecule has 0 spiro atoms. The van der Waals surface area contributed by atoms with Gasteiger partial charge in [0, 0.05) is 10.6 Å². The Morgan fingerprint density at radius 2 is 1.62 bits per heavy atom. The number of hydrogen-bond acceptors (Lipinski definition) is 1. The zero-order chi connectivity index (χ0) is 14.8.